The van der Waals surface area contributed by atoms with Crippen molar-refractivity contribution in [2.24, 2.45) is 0 Å². The molecule has 0 aromatic heterocycles. The molecule has 1 heterocycles. The molecule has 0 amide bonds. The molecular weight excluding hydrogens is 326 g/mol. The fourth-order valence-corrected chi connectivity index (χ4v) is 3.32. The lowest BCUT2D eigenvalue weighted by atomic mass is 10.1. The Hall–Kier alpha value is -3.14. The zero-order valence-electron chi connectivity index (χ0n) is 11.2. The number of benzene rings is 2. The topological polar surface area (TPSA) is 136 Å². The van der Waals surface area contributed by atoms with Gasteiger partial charge in [-0.2, -0.15) is 0 Å². The number of carboxylic acid groups (broad SMARTS) is 1. The van der Waals surface area contributed by atoms with Gasteiger partial charge in [-0.1, -0.05) is 23.9 Å². The van der Waals surface area contributed by atoms with E-state index < -0.39 is 32.8 Å². The number of hydrogen-bond donors (Lipinski definition) is 2. The van der Waals surface area contributed by atoms with E-state index in [0.29, 0.717) is 5.69 Å². The van der Waals surface area contributed by atoms with E-state index in [1.807, 2.05) is 0 Å². The van der Waals surface area contributed by atoms with Crippen molar-refractivity contribution in [3.63, 3.8) is 0 Å². The number of hydrogen-bond acceptors (Lipinski definition) is 7. The number of fused-ring (bicyclic) bond motifs is 2. The lowest BCUT2D eigenvalue weighted by Crippen LogP contribution is -2.12. The van der Waals surface area contributed by atoms with Crippen LogP contribution in [0.5, 0.6) is 0 Å². The first kappa shape index (κ1) is 14.8. The SMILES string of the molecule is O=C(O)c1c2c(cc([N+](=O)[O-])c1[N+](=O)[O-])Sc1ccccc1N2. The molecule has 10 heteroatoms. The zero-order chi connectivity index (χ0) is 16.7. The average Bonchev–Trinajstić information content (AvgIpc) is 2.50. The number of carbonyl (C=O) groups is 1. The van der Waals surface area contributed by atoms with Crippen LogP contribution in [0.25, 0.3) is 0 Å². The van der Waals surface area contributed by atoms with Crippen LogP contribution in [0.15, 0.2) is 40.1 Å². The summed E-state index contributed by atoms with van der Waals surface area (Å²) in [6.07, 6.45) is 0. The Labute approximate surface area is 132 Å². The Balaban J connectivity index is 2.33. The van der Waals surface area contributed by atoms with Gasteiger partial charge in [0, 0.05) is 15.9 Å². The van der Waals surface area contributed by atoms with Crippen molar-refractivity contribution < 1.29 is 19.7 Å². The molecule has 2 aromatic rings. The molecular formula is C13H7N3O6S. The van der Waals surface area contributed by atoms with Crippen molar-refractivity contribution in [1.29, 1.82) is 0 Å². The van der Waals surface area contributed by atoms with Gasteiger partial charge in [-0.3, -0.25) is 20.2 Å². The van der Waals surface area contributed by atoms with Crippen LogP contribution in [-0.2, 0) is 0 Å². The van der Waals surface area contributed by atoms with Gasteiger partial charge in [-0.05, 0) is 12.1 Å². The largest absolute Gasteiger partial charge is 0.477 e. The fourth-order valence-electron chi connectivity index (χ4n) is 2.28. The molecule has 0 aliphatic carbocycles. The number of nitro benzene ring substituents is 2. The summed E-state index contributed by atoms with van der Waals surface area (Å²) in [7, 11) is 0. The number of nitrogens with zero attached hydrogens (tertiary/aromatic N) is 2. The van der Waals surface area contributed by atoms with E-state index in [4.69, 9.17) is 0 Å². The first-order valence-electron chi connectivity index (χ1n) is 6.17. The summed E-state index contributed by atoms with van der Waals surface area (Å²) in [6, 6.07) is 7.94. The van der Waals surface area contributed by atoms with Gasteiger partial charge in [0.05, 0.1) is 21.2 Å². The van der Waals surface area contributed by atoms with Gasteiger partial charge in [0.25, 0.3) is 0 Å². The lowest BCUT2D eigenvalue weighted by Gasteiger charge is -2.21. The third-order valence-electron chi connectivity index (χ3n) is 3.20. The summed E-state index contributed by atoms with van der Waals surface area (Å²) in [5.74, 6) is -1.61. The maximum atomic E-state index is 11.5. The second kappa shape index (κ2) is 5.25. The molecule has 0 spiro atoms. The lowest BCUT2D eigenvalue weighted by molar-refractivity contribution is -0.422. The van der Waals surface area contributed by atoms with Crippen LogP contribution in [0.3, 0.4) is 0 Å². The fraction of sp³-hybridized carbons (Fsp3) is 0. The van der Waals surface area contributed by atoms with E-state index in [1.165, 1.54) is 0 Å². The highest BCUT2D eigenvalue weighted by Gasteiger charge is 2.38. The maximum Gasteiger partial charge on any atom is 0.362 e. The Morgan fingerprint density at radius 1 is 1.13 bits per heavy atom. The Kier molecular flexibility index (Phi) is 3.37. The number of rotatable bonds is 3. The zero-order valence-corrected chi connectivity index (χ0v) is 12.0. The van der Waals surface area contributed by atoms with Gasteiger partial charge >= 0.3 is 17.3 Å². The summed E-state index contributed by atoms with van der Waals surface area (Å²) in [5, 5.41) is 34.5. The predicted octanol–water partition coefficient (Wildman–Crippen LogP) is 3.41. The van der Waals surface area contributed by atoms with Gasteiger partial charge in [-0.15, -0.1) is 0 Å². The van der Waals surface area contributed by atoms with Gasteiger partial charge in [0.1, 0.15) is 0 Å². The van der Waals surface area contributed by atoms with Crippen molar-refractivity contribution in [1.82, 2.24) is 0 Å². The van der Waals surface area contributed by atoms with Gasteiger partial charge in [0.15, 0.2) is 5.56 Å². The van der Waals surface area contributed by atoms with Gasteiger partial charge < -0.3 is 10.4 Å². The van der Waals surface area contributed by atoms with Crippen molar-refractivity contribution >= 4 is 40.5 Å². The monoisotopic (exact) mass is 333 g/mol. The third-order valence-corrected chi connectivity index (χ3v) is 4.32. The van der Waals surface area contributed by atoms with E-state index in [-0.39, 0.29) is 10.6 Å². The van der Waals surface area contributed by atoms with E-state index in [2.05, 4.69) is 5.32 Å². The van der Waals surface area contributed by atoms with Crippen molar-refractivity contribution in [2.75, 3.05) is 5.32 Å². The van der Waals surface area contributed by atoms with Crippen LogP contribution in [0.1, 0.15) is 10.4 Å². The molecule has 9 nitrogen and oxygen atoms in total. The van der Waals surface area contributed by atoms with Crippen LogP contribution >= 0.6 is 11.8 Å². The number of nitro groups is 2. The van der Waals surface area contributed by atoms with Crippen molar-refractivity contribution in [3.05, 3.63) is 56.1 Å². The molecule has 0 saturated heterocycles. The summed E-state index contributed by atoms with van der Waals surface area (Å²) in [4.78, 5) is 32.8. The molecule has 2 N–H and O–H groups in total. The highest BCUT2D eigenvalue weighted by molar-refractivity contribution is 7.99. The van der Waals surface area contributed by atoms with E-state index >= 15 is 0 Å². The van der Waals surface area contributed by atoms with E-state index in [1.54, 1.807) is 24.3 Å². The predicted molar refractivity (Wildman–Crippen MR) is 80.6 cm³/mol. The van der Waals surface area contributed by atoms with Crippen molar-refractivity contribution in [2.45, 2.75) is 9.79 Å². The Morgan fingerprint density at radius 2 is 1.83 bits per heavy atom. The minimum absolute atomic E-state index is 0.0153. The summed E-state index contributed by atoms with van der Waals surface area (Å²) in [5.41, 5.74) is -2.04. The third kappa shape index (κ3) is 2.34. The molecule has 23 heavy (non-hydrogen) atoms. The van der Waals surface area contributed by atoms with Crippen LogP contribution in [0.2, 0.25) is 0 Å². The highest BCUT2D eigenvalue weighted by atomic mass is 32.2. The van der Waals surface area contributed by atoms with E-state index in [0.717, 1.165) is 22.7 Å². The standard InChI is InChI=1S/C13H7N3O6S/c17-13(18)10-11-9(5-7(15(19)20)12(10)16(21)22)23-8-4-2-1-3-6(8)14-11/h1-5,14H,(H,17,18). The number of carboxylic acids is 1. The molecule has 0 radical (unpaired) electrons. The normalized spacial score (nSPS) is 11.8. The molecule has 3 rings (SSSR count). The minimum Gasteiger partial charge on any atom is -0.477 e. The molecule has 0 bridgehead atoms. The molecule has 116 valence electrons. The van der Waals surface area contributed by atoms with Gasteiger partial charge in [0.2, 0.25) is 0 Å². The molecule has 1 aliphatic rings. The van der Waals surface area contributed by atoms with Crippen LogP contribution in [-0.4, -0.2) is 20.9 Å². The molecule has 0 atom stereocenters. The van der Waals surface area contributed by atoms with Crippen LogP contribution in [0.4, 0.5) is 22.7 Å². The van der Waals surface area contributed by atoms with Crippen LogP contribution < -0.4 is 5.32 Å². The summed E-state index contributed by atoms with van der Waals surface area (Å²) in [6.45, 7) is 0. The Bertz CT molecular complexity index is 882. The van der Waals surface area contributed by atoms with Gasteiger partial charge in [-0.25, -0.2) is 4.79 Å². The molecule has 0 fully saturated rings. The number of anilines is 2. The first-order chi connectivity index (χ1) is 10.9. The second-order valence-electron chi connectivity index (χ2n) is 4.54. The Morgan fingerprint density at radius 3 is 2.43 bits per heavy atom. The molecule has 0 saturated carbocycles. The second-order valence-corrected chi connectivity index (χ2v) is 5.62. The highest BCUT2D eigenvalue weighted by Crippen LogP contribution is 2.50. The number of para-hydroxylation sites is 1. The van der Waals surface area contributed by atoms with E-state index in [9.17, 15) is 30.1 Å². The first-order valence-corrected chi connectivity index (χ1v) is 6.98. The average molecular weight is 333 g/mol. The summed E-state index contributed by atoms with van der Waals surface area (Å²) < 4.78 is 0. The quantitative estimate of drug-likeness (QED) is 0.549. The minimum atomic E-state index is -1.61. The smallest absolute Gasteiger partial charge is 0.362 e. The van der Waals surface area contributed by atoms with Crippen LogP contribution in [0, 0.1) is 20.2 Å². The number of aromatic carboxylic acids is 1. The molecule has 2 aromatic carbocycles. The van der Waals surface area contributed by atoms with Crippen molar-refractivity contribution in [3.8, 4) is 0 Å². The summed E-state index contributed by atoms with van der Waals surface area (Å²) >= 11 is 1.11. The number of nitrogens with one attached hydrogen (secondary N) is 1. The maximum absolute atomic E-state index is 11.5. The molecule has 1 aliphatic heterocycles. The molecule has 0 unspecified atom stereocenters.